The molecule has 0 aromatic heterocycles. The molecule has 0 saturated heterocycles. The lowest BCUT2D eigenvalue weighted by molar-refractivity contribution is -0.143. The van der Waals surface area contributed by atoms with Gasteiger partial charge < -0.3 is 19.5 Å². The molecule has 2 heterocycles. The molecule has 0 bridgehead atoms. The molecule has 1 aliphatic carbocycles. The Morgan fingerprint density at radius 3 is 2.47 bits per heavy atom. The van der Waals surface area contributed by atoms with Gasteiger partial charge in [0.05, 0.1) is 18.1 Å². The predicted molar refractivity (Wildman–Crippen MR) is 138 cm³/mol. The average Bonchev–Trinajstić information content (AvgIpc) is 3.71. The first-order valence-corrected chi connectivity index (χ1v) is 13.9. The number of nitrogens with zero attached hydrogens (tertiary/aromatic N) is 1. The number of benzene rings is 3. The monoisotopic (exact) mass is 534 g/mol. The Balaban J connectivity index is 1.28. The Morgan fingerprint density at radius 1 is 0.947 bits per heavy atom. The summed E-state index contributed by atoms with van der Waals surface area (Å²) >= 11 is 0. The van der Waals surface area contributed by atoms with E-state index in [4.69, 9.17) is 9.47 Å². The van der Waals surface area contributed by atoms with Crippen LogP contribution in [0.5, 0.6) is 11.5 Å². The minimum Gasteiger partial charge on any atom is -0.490 e. The predicted octanol–water partition coefficient (Wildman–Crippen LogP) is 3.96. The Hall–Kier alpha value is -4.05. The van der Waals surface area contributed by atoms with Crippen molar-refractivity contribution in [3.05, 3.63) is 83.4 Å². The summed E-state index contributed by atoms with van der Waals surface area (Å²) in [5, 5.41) is 10.1. The fourth-order valence-electron chi connectivity index (χ4n) is 5.33. The van der Waals surface area contributed by atoms with E-state index in [1.807, 2.05) is 12.1 Å². The van der Waals surface area contributed by atoms with Gasteiger partial charge >= 0.3 is 5.97 Å². The van der Waals surface area contributed by atoms with Crippen molar-refractivity contribution in [3.63, 3.8) is 0 Å². The van der Waals surface area contributed by atoms with Crippen LogP contribution in [-0.4, -0.2) is 50.1 Å². The number of hydrogen-bond donors (Lipinski definition) is 2. The van der Waals surface area contributed by atoms with Crippen LogP contribution in [0.3, 0.4) is 0 Å². The van der Waals surface area contributed by atoms with Crippen molar-refractivity contribution in [3.8, 4) is 11.5 Å². The molecule has 1 fully saturated rings. The molecule has 196 valence electrons. The van der Waals surface area contributed by atoms with Gasteiger partial charge in [0.25, 0.3) is 15.9 Å². The van der Waals surface area contributed by atoms with Crippen molar-refractivity contribution in [2.45, 2.75) is 35.6 Å². The molecule has 6 rings (SSSR count). The van der Waals surface area contributed by atoms with Gasteiger partial charge in [-0.25, -0.2) is 13.2 Å². The molecule has 3 aromatic rings. The topological polar surface area (TPSA) is 122 Å². The van der Waals surface area contributed by atoms with Gasteiger partial charge in [0, 0.05) is 35.7 Å². The summed E-state index contributed by atoms with van der Waals surface area (Å²) in [5.41, 5.74) is 1.78. The van der Waals surface area contributed by atoms with Gasteiger partial charge in [-0.15, -0.1) is 0 Å². The van der Waals surface area contributed by atoms with Crippen LogP contribution in [0.25, 0.3) is 0 Å². The van der Waals surface area contributed by atoms with Crippen LogP contribution in [0, 0.1) is 0 Å². The van der Waals surface area contributed by atoms with Crippen LogP contribution in [0.15, 0.2) is 71.6 Å². The molecule has 3 aromatic carbocycles. The molecule has 0 radical (unpaired) electrons. The highest BCUT2D eigenvalue weighted by Gasteiger charge is 2.54. The van der Waals surface area contributed by atoms with E-state index in [-0.39, 0.29) is 21.6 Å². The maximum atomic E-state index is 13.7. The minimum absolute atomic E-state index is 0.00673. The zero-order valence-corrected chi connectivity index (χ0v) is 21.2. The highest BCUT2D eigenvalue weighted by molar-refractivity contribution is 7.92. The van der Waals surface area contributed by atoms with Crippen molar-refractivity contribution in [1.29, 1.82) is 0 Å². The van der Waals surface area contributed by atoms with Crippen molar-refractivity contribution in [2.24, 2.45) is 0 Å². The van der Waals surface area contributed by atoms with E-state index in [9.17, 15) is 23.1 Å². The third-order valence-electron chi connectivity index (χ3n) is 7.35. The Morgan fingerprint density at radius 2 is 1.71 bits per heavy atom. The number of amides is 1. The number of aliphatic carboxylic acids is 1. The van der Waals surface area contributed by atoms with Gasteiger partial charge in [-0.3, -0.25) is 9.52 Å². The second-order valence-corrected chi connectivity index (χ2v) is 11.6. The van der Waals surface area contributed by atoms with Gasteiger partial charge in [0.1, 0.15) is 0 Å². The lowest BCUT2D eigenvalue weighted by atomic mass is 9.82. The van der Waals surface area contributed by atoms with E-state index in [1.54, 1.807) is 36.4 Å². The number of sulfonamides is 1. The SMILES string of the molecule is O=C(O)C1c2ccccc2C2(CC2)CN1C(=O)c1cccc(NS(=O)(=O)c2ccc3c(c2)OCCCO3)c1. The largest absolute Gasteiger partial charge is 0.490 e. The first-order valence-electron chi connectivity index (χ1n) is 12.4. The minimum atomic E-state index is -4.00. The number of carbonyl (C=O) groups is 2. The van der Waals surface area contributed by atoms with E-state index in [0.717, 1.165) is 18.4 Å². The van der Waals surface area contributed by atoms with E-state index in [0.29, 0.717) is 43.2 Å². The second kappa shape index (κ2) is 9.05. The Bertz CT molecular complexity index is 1550. The molecular weight excluding hydrogens is 508 g/mol. The summed E-state index contributed by atoms with van der Waals surface area (Å²) in [5.74, 6) is -0.727. The summed E-state index contributed by atoms with van der Waals surface area (Å²) in [4.78, 5) is 27.4. The number of carbonyl (C=O) groups excluding carboxylic acids is 1. The van der Waals surface area contributed by atoms with Gasteiger partial charge in [-0.2, -0.15) is 0 Å². The van der Waals surface area contributed by atoms with Gasteiger partial charge in [0.15, 0.2) is 17.5 Å². The molecule has 2 aliphatic heterocycles. The number of fused-ring (bicyclic) bond motifs is 3. The molecule has 2 N–H and O–H groups in total. The second-order valence-electron chi connectivity index (χ2n) is 9.89. The van der Waals surface area contributed by atoms with Crippen LogP contribution < -0.4 is 14.2 Å². The van der Waals surface area contributed by atoms with Crippen LogP contribution in [-0.2, 0) is 20.2 Å². The highest BCUT2D eigenvalue weighted by atomic mass is 32.2. The smallest absolute Gasteiger partial charge is 0.331 e. The summed E-state index contributed by atoms with van der Waals surface area (Å²) in [6, 6.07) is 16.8. The number of hydrogen-bond acceptors (Lipinski definition) is 6. The van der Waals surface area contributed by atoms with Crippen LogP contribution >= 0.6 is 0 Å². The summed E-state index contributed by atoms with van der Waals surface area (Å²) in [6.07, 6.45) is 2.47. The van der Waals surface area contributed by atoms with Crippen molar-refractivity contribution in [1.82, 2.24) is 4.90 Å². The molecule has 1 amide bonds. The lowest BCUT2D eigenvalue weighted by Gasteiger charge is -2.39. The highest BCUT2D eigenvalue weighted by Crippen LogP contribution is 2.55. The van der Waals surface area contributed by atoms with Crippen molar-refractivity contribution < 1.29 is 32.6 Å². The van der Waals surface area contributed by atoms with E-state index in [1.165, 1.54) is 23.1 Å². The molecule has 10 heteroatoms. The number of nitrogens with one attached hydrogen (secondary N) is 1. The van der Waals surface area contributed by atoms with E-state index in [2.05, 4.69) is 4.72 Å². The van der Waals surface area contributed by atoms with Crippen LogP contribution in [0.1, 0.15) is 46.8 Å². The average molecular weight is 535 g/mol. The molecule has 38 heavy (non-hydrogen) atoms. The van der Waals surface area contributed by atoms with Crippen LogP contribution in [0.2, 0.25) is 0 Å². The standard InChI is InChI=1S/C28H26N2O7S/c31-26(30-17-28(11-12-28)22-8-2-1-7-21(22)25(30)27(32)33)18-5-3-6-19(15-18)29-38(34,35)20-9-10-23-24(16-20)37-14-4-13-36-23/h1-3,5-10,15-16,25,29H,4,11-14,17H2,(H,32,33). The summed E-state index contributed by atoms with van der Waals surface area (Å²) in [6.45, 7) is 1.21. The molecule has 3 aliphatic rings. The number of rotatable bonds is 5. The van der Waals surface area contributed by atoms with Crippen molar-refractivity contribution >= 4 is 27.6 Å². The Kier molecular flexibility index (Phi) is 5.79. The van der Waals surface area contributed by atoms with Crippen molar-refractivity contribution in [2.75, 3.05) is 24.5 Å². The normalized spacial score (nSPS) is 19.3. The fourth-order valence-corrected chi connectivity index (χ4v) is 6.39. The number of carboxylic acids is 1. The van der Waals surface area contributed by atoms with Gasteiger partial charge in [-0.05, 0) is 54.3 Å². The summed E-state index contributed by atoms with van der Waals surface area (Å²) in [7, 11) is -4.00. The van der Waals surface area contributed by atoms with Crippen LogP contribution in [0.4, 0.5) is 5.69 Å². The molecule has 1 unspecified atom stereocenters. The summed E-state index contributed by atoms with van der Waals surface area (Å²) < 4.78 is 40.0. The first-order chi connectivity index (χ1) is 18.3. The fraction of sp³-hybridized carbons (Fsp3) is 0.286. The third kappa shape index (κ3) is 4.24. The van der Waals surface area contributed by atoms with E-state index < -0.39 is 27.9 Å². The van der Waals surface area contributed by atoms with Gasteiger partial charge in [0.2, 0.25) is 0 Å². The maximum absolute atomic E-state index is 13.7. The zero-order valence-electron chi connectivity index (χ0n) is 20.4. The Labute approximate surface area is 220 Å². The van der Waals surface area contributed by atoms with Gasteiger partial charge in [-0.1, -0.05) is 30.3 Å². The zero-order chi connectivity index (χ0) is 26.5. The quantitative estimate of drug-likeness (QED) is 0.508. The molecule has 1 saturated carbocycles. The number of ether oxygens (including phenoxy) is 2. The third-order valence-corrected chi connectivity index (χ3v) is 8.73. The first kappa shape index (κ1) is 24.3. The number of anilines is 1. The molecule has 1 atom stereocenters. The molecule has 9 nitrogen and oxygen atoms in total. The maximum Gasteiger partial charge on any atom is 0.331 e. The molecule has 1 spiro atoms. The molecular formula is C28H26N2O7S. The lowest BCUT2D eigenvalue weighted by Crippen LogP contribution is -2.47. The number of carboxylic acid groups (broad SMARTS) is 1. The van der Waals surface area contributed by atoms with E-state index >= 15 is 0 Å².